The summed E-state index contributed by atoms with van der Waals surface area (Å²) < 4.78 is 19.6. The first kappa shape index (κ1) is 26.9. The van der Waals surface area contributed by atoms with Crippen LogP contribution in [-0.2, 0) is 4.79 Å². The first-order valence-electron chi connectivity index (χ1n) is 13.2. The summed E-state index contributed by atoms with van der Waals surface area (Å²) in [5.74, 6) is 0.0681. The van der Waals surface area contributed by atoms with Crippen LogP contribution in [-0.4, -0.2) is 78.0 Å². The standard InChI is InChI=1S/C29H26FN9O3/c1-3-39-35-27(34-36-39)26(19-4-6-21(30)7-5-19)37-12-14-38(15-13-37)29(41)24-16-20(10-11-31-24)28-33-23-17-22(32-18(2)40)8-9-25(23)42-28/h3-11,16-17,26H,1,12-15H2,2H3,(H,32,40). The molecule has 6 rings (SSSR count). The van der Waals surface area contributed by atoms with Crippen LogP contribution in [0.15, 0.2) is 71.8 Å². The van der Waals surface area contributed by atoms with Gasteiger partial charge < -0.3 is 14.6 Å². The minimum absolute atomic E-state index is 0.181. The number of rotatable bonds is 7. The predicted molar refractivity (Wildman–Crippen MR) is 151 cm³/mol. The molecule has 1 N–H and O–H groups in total. The largest absolute Gasteiger partial charge is 0.436 e. The second-order valence-corrected chi connectivity index (χ2v) is 9.75. The Bertz CT molecular complexity index is 1770. The van der Waals surface area contributed by atoms with Crippen LogP contribution >= 0.6 is 0 Å². The number of hydrogen-bond acceptors (Lipinski definition) is 9. The van der Waals surface area contributed by atoms with Gasteiger partial charge in [-0.1, -0.05) is 18.7 Å². The second kappa shape index (κ2) is 11.3. The van der Waals surface area contributed by atoms with E-state index >= 15 is 0 Å². The third-order valence-corrected chi connectivity index (χ3v) is 6.94. The van der Waals surface area contributed by atoms with Gasteiger partial charge in [-0.15, -0.1) is 15.0 Å². The molecule has 1 aliphatic rings. The van der Waals surface area contributed by atoms with Gasteiger partial charge in [0.25, 0.3) is 5.91 Å². The predicted octanol–water partition coefficient (Wildman–Crippen LogP) is 3.62. The van der Waals surface area contributed by atoms with E-state index in [1.807, 2.05) is 0 Å². The number of pyridine rings is 1. The number of anilines is 1. The number of halogens is 1. The summed E-state index contributed by atoms with van der Waals surface area (Å²) in [6.45, 7) is 7.03. The molecule has 0 bridgehead atoms. The molecule has 2 aromatic carbocycles. The van der Waals surface area contributed by atoms with Crippen LogP contribution in [0.5, 0.6) is 0 Å². The van der Waals surface area contributed by atoms with Gasteiger partial charge in [0.05, 0.1) is 6.04 Å². The number of aromatic nitrogens is 6. The molecule has 1 atom stereocenters. The molecule has 42 heavy (non-hydrogen) atoms. The van der Waals surface area contributed by atoms with Gasteiger partial charge in [-0.2, -0.15) is 0 Å². The van der Waals surface area contributed by atoms with Gasteiger partial charge in [0.1, 0.15) is 17.0 Å². The number of hydrogen-bond donors (Lipinski definition) is 1. The van der Waals surface area contributed by atoms with Crippen LogP contribution in [0.1, 0.15) is 34.8 Å². The van der Waals surface area contributed by atoms with E-state index in [4.69, 9.17) is 4.42 Å². The number of nitrogens with zero attached hydrogens (tertiary/aromatic N) is 8. The van der Waals surface area contributed by atoms with Crippen LogP contribution in [0, 0.1) is 5.82 Å². The first-order chi connectivity index (χ1) is 20.4. The molecular weight excluding hydrogens is 541 g/mol. The van der Waals surface area contributed by atoms with Gasteiger partial charge in [-0.05, 0) is 53.2 Å². The Morgan fingerprint density at radius 2 is 1.86 bits per heavy atom. The van der Waals surface area contributed by atoms with Crippen molar-refractivity contribution in [3.63, 3.8) is 0 Å². The number of carbonyl (C=O) groups is 2. The highest BCUT2D eigenvalue weighted by molar-refractivity contribution is 5.94. The molecule has 3 aromatic heterocycles. The van der Waals surface area contributed by atoms with Gasteiger partial charge in [-0.3, -0.25) is 19.5 Å². The lowest BCUT2D eigenvalue weighted by Crippen LogP contribution is -2.50. The fraction of sp³-hybridized carbons (Fsp3) is 0.207. The maximum Gasteiger partial charge on any atom is 0.272 e. The third-order valence-electron chi connectivity index (χ3n) is 6.94. The molecule has 1 aliphatic heterocycles. The van der Waals surface area contributed by atoms with Crippen molar-refractivity contribution in [2.24, 2.45) is 0 Å². The molecule has 0 saturated carbocycles. The van der Waals surface area contributed by atoms with Crippen molar-refractivity contribution in [3.05, 3.63) is 90.3 Å². The van der Waals surface area contributed by atoms with Crippen molar-refractivity contribution in [1.82, 2.24) is 40.0 Å². The normalized spacial score (nSPS) is 14.6. The Kier molecular flexibility index (Phi) is 7.23. The van der Waals surface area contributed by atoms with E-state index in [2.05, 4.69) is 42.2 Å². The summed E-state index contributed by atoms with van der Waals surface area (Å²) in [5.41, 5.74) is 3.44. The van der Waals surface area contributed by atoms with Crippen molar-refractivity contribution >= 4 is 34.8 Å². The molecule has 0 aliphatic carbocycles. The molecule has 1 unspecified atom stereocenters. The van der Waals surface area contributed by atoms with E-state index in [1.165, 1.54) is 30.1 Å². The van der Waals surface area contributed by atoms with E-state index in [-0.39, 0.29) is 29.4 Å². The molecule has 13 heteroatoms. The van der Waals surface area contributed by atoms with E-state index in [0.717, 1.165) is 5.56 Å². The smallest absolute Gasteiger partial charge is 0.272 e. The number of tetrazole rings is 1. The number of fused-ring (bicyclic) bond motifs is 1. The lowest BCUT2D eigenvalue weighted by Gasteiger charge is -2.38. The van der Waals surface area contributed by atoms with E-state index in [1.54, 1.807) is 53.6 Å². The van der Waals surface area contributed by atoms with E-state index in [0.29, 0.717) is 60.2 Å². The summed E-state index contributed by atoms with van der Waals surface area (Å²) in [5, 5.41) is 15.3. The quantitative estimate of drug-likeness (QED) is 0.313. The van der Waals surface area contributed by atoms with Crippen molar-refractivity contribution in [3.8, 4) is 11.5 Å². The summed E-state index contributed by atoms with van der Waals surface area (Å²) in [7, 11) is 0. The van der Waals surface area contributed by atoms with Gasteiger partial charge in [0, 0.05) is 56.8 Å². The van der Waals surface area contributed by atoms with Gasteiger partial charge in [-0.25, -0.2) is 9.37 Å². The fourth-order valence-corrected chi connectivity index (χ4v) is 4.95. The number of nitrogens with one attached hydrogen (secondary N) is 1. The zero-order valence-electron chi connectivity index (χ0n) is 22.6. The minimum Gasteiger partial charge on any atom is -0.436 e. The molecule has 5 aromatic rings. The highest BCUT2D eigenvalue weighted by atomic mass is 19.1. The lowest BCUT2D eigenvalue weighted by atomic mass is 10.0. The average Bonchev–Trinajstić information content (AvgIpc) is 3.65. The second-order valence-electron chi connectivity index (χ2n) is 9.75. The van der Waals surface area contributed by atoms with Gasteiger partial charge >= 0.3 is 0 Å². The maximum atomic E-state index is 13.7. The summed E-state index contributed by atoms with van der Waals surface area (Å²) in [4.78, 5) is 38.9. The maximum absolute atomic E-state index is 13.7. The molecule has 2 amide bonds. The van der Waals surface area contributed by atoms with Crippen molar-refractivity contribution in [2.45, 2.75) is 13.0 Å². The minimum atomic E-state index is -0.372. The summed E-state index contributed by atoms with van der Waals surface area (Å²) >= 11 is 0. The van der Waals surface area contributed by atoms with Crippen molar-refractivity contribution in [1.29, 1.82) is 0 Å². The average molecular weight is 568 g/mol. The number of piperazine rings is 1. The Labute approximate surface area is 239 Å². The summed E-state index contributed by atoms with van der Waals surface area (Å²) in [6, 6.07) is 14.4. The highest BCUT2D eigenvalue weighted by Gasteiger charge is 2.31. The third kappa shape index (κ3) is 5.49. The van der Waals surface area contributed by atoms with Crippen molar-refractivity contribution in [2.75, 3.05) is 31.5 Å². The Morgan fingerprint density at radius 1 is 1.07 bits per heavy atom. The molecule has 212 valence electrons. The molecule has 4 heterocycles. The SMILES string of the molecule is C=Cn1nnc(C(c2ccc(F)cc2)N2CCN(C(=O)c3cc(-c4nc5cc(NC(C)=O)ccc5o4)ccn3)CC2)n1. The number of oxazole rings is 1. The van der Waals surface area contributed by atoms with Crippen LogP contribution in [0.3, 0.4) is 0 Å². The first-order valence-corrected chi connectivity index (χ1v) is 13.2. The van der Waals surface area contributed by atoms with Gasteiger partial charge in [0.15, 0.2) is 11.4 Å². The zero-order valence-corrected chi connectivity index (χ0v) is 22.6. The van der Waals surface area contributed by atoms with Crippen molar-refractivity contribution < 1.29 is 18.4 Å². The van der Waals surface area contributed by atoms with E-state index < -0.39 is 0 Å². The number of benzene rings is 2. The van der Waals surface area contributed by atoms with Crippen LogP contribution in [0.25, 0.3) is 28.8 Å². The Hall–Kier alpha value is -5.30. The van der Waals surface area contributed by atoms with Crippen LogP contribution in [0.4, 0.5) is 10.1 Å². The molecular formula is C29H26FN9O3. The topological polar surface area (TPSA) is 135 Å². The monoisotopic (exact) mass is 567 g/mol. The highest BCUT2D eigenvalue weighted by Crippen LogP contribution is 2.29. The number of carbonyl (C=O) groups excluding carboxylic acids is 2. The number of amides is 2. The molecule has 0 radical (unpaired) electrons. The summed E-state index contributed by atoms with van der Waals surface area (Å²) in [6.07, 6.45) is 3.00. The molecule has 1 fully saturated rings. The zero-order chi connectivity index (χ0) is 29.2. The molecule has 0 spiro atoms. The van der Waals surface area contributed by atoms with E-state index in [9.17, 15) is 14.0 Å². The van der Waals surface area contributed by atoms with Crippen LogP contribution in [0.2, 0.25) is 0 Å². The van der Waals surface area contributed by atoms with Gasteiger partial charge in [0.2, 0.25) is 11.8 Å². The fourth-order valence-electron chi connectivity index (χ4n) is 4.95. The Balaban J connectivity index is 1.18. The molecule has 12 nitrogen and oxygen atoms in total. The lowest BCUT2D eigenvalue weighted by molar-refractivity contribution is -0.114. The molecule has 1 saturated heterocycles. The Morgan fingerprint density at radius 3 is 2.57 bits per heavy atom. The van der Waals surface area contributed by atoms with Crippen LogP contribution < -0.4 is 5.32 Å².